The number of nitro groups is 1. The second-order valence-corrected chi connectivity index (χ2v) is 8.12. The van der Waals surface area contributed by atoms with Gasteiger partial charge in [0, 0.05) is 23.5 Å². The maximum absolute atomic E-state index is 13.3. The van der Waals surface area contributed by atoms with Crippen LogP contribution in [0.2, 0.25) is 0 Å². The molecule has 6 rings (SSSR count). The van der Waals surface area contributed by atoms with Gasteiger partial charge in [-0.15, -0.1) is 0 Å². The molecule has 3 aromatic carbocycles. The van der Waals surface area contributed by atoms with E-state index in [1.165, 1.54) is 6.07 Å². The highest BCUT2D eigenvalue weighted by atomic mass is 16.6. The molecular weight excluding hydrogens is 406 g/mol. The van der Waals surface area contributed by atoms with Gasteiger partial charge in [-0.3, -0.25) is 14.9 Å². The highest BCUT2D eigenvalue weighted by Crippen LogP contribution is 2.53. The zero-order chi connectivity index (χ0) is 21.9. The molecule has 1 aromatic heterocycles. The lowest BCUT2D eigenvalue weighted by Gasteiger charge is -2.58. The van der Waals surface area contributed by atoms with Crippen molar-refractivity contribution in [3.05, 3.63) is 106 Å². The monoisotopic (exact) mass is 425 g/mol. The number of carbonyl (C=O) groups is 1. The third-order valence-corrected chi connectivity index (χ3v) is 6.60. The Bertz CT molecular complexity index is 1380. The van der Waals surface area contributed by atoms with Crippen molar-refractivity contribution >= 4 is 22.5 Å². The number of hydrogen-bond donors (Lipinski definition) is 1. The number of para-hydroxylation sites is 3. The predicted octanol–water partition coefficient (Wildman–Crippen LogP) is 4.17. The molecule has 1 fully saturated rings. The Morgan fingerprint density at radius 1 is 1.00 bits per heavy atom. The minimum absolute atomic E-state index is 0.0917. The van der Waals surface area contributed by atoms with Crippen molar-refractivity contribution in [2.24, 2.45) is 0 Å². The first-order valence-electron chi connectivity index (χ1n) is 10.5. The van der Waals surface area contributed by atoms with Gasteiger partial charge < -0.3 is 14.6 Å². The number of nitrogens with zero attached hydrogens (tertiary/aromatic N) is 2. The fourth-order valence-electron chi connectivity index (χ4n) is 5.24. The topological polar surface area (TPSA) is 88.5 Å². The summed E-state index contributed by atoms with van der Waals surface area (Å²) in [5, 5.41) is 12.7. The second kappa shape index (κ2) is 6.68. The maximum Gasteiger partial charge on any atom is 0.310 e. The number of ether oxygens (including phenoxy) is 1. The van der Waals surface area contributed by atoms with Crippen LogP contribution < -0.4 is 4.74 Å². The molecule has 0 aliphatic carbocycles. The highest BCUT2D eigenvalue weighted by Gasteiger charge is 2.67. The number of fused-ring (bicyclic) bond motifs is 5. The van der Waals surface area contributed by atoms with Crippen LogP contribution >= 0.6 is 0 Å². The summed E-state index contributed by atoms with van der Waals surface area (Å²) in [6.45, 7) is 0.555. The van der Waals surface area contributed by atoms with Crippen molar-refractivity contribution in [3.63, 3.8) is 0 Å². The summed E-state index contributed by atoms with van der Waals surface area (Å²) in [6.07, 6.45) is -0.184. The number of aromatic amines is 1. The standard InChI is InChI=1S/C25H19N3O4/c29-24-23(32-21-13-7-6-12-20(21)28(30)31)25(16-8-2-1-3-9-16)22-18(14-15-27(24)25)17-10-4-5-11-19(17)26-22/h1-13,23,26H,14-15H2/t23-,25+/m1/s1. The van der Waals surface area contributed by atoms with Gasteiger partial charge in [-0.1, -0.05) is 60.7 Å². The summed E-state index contributed by atoms with van der Waals surface area (Å²) >= 11 is 0. The molecule has 1 saturated heterocycles. The van der Waals surface area contributed by atoms with Gasteiger partial charge in [0.25, 0.3) is 5.91 Å². The molecule has 0 saturated carbocycles. The summed E-state index contributed by atoms with van der Waals surface area (Å²) < 4.78 is 6.18. The molecule has 158 valence electrons. The third kappa shape index (κ3) is 2.33. The van der Waals surface area contributed by atoms with Crippen molar-refractivity contribution in [3.8, 4) is 5.75 Å². The van der Waals surface area contributed by atoms with Gasteiger partial charge in [0.2, 0.25) is 6.10 Å². The number of β-lactam (4-membered cyclic amide) rings is 1. The van der Waals surface area contributed by atoms with Crippen LogP contribution in [-0.2, 0) is 16.8 Å². The van der Waals surface area contributed by atoms with Crippen LogP contribution in [0.25, 0.3) is 10.9 Å². The third-order valence-electron chi connectivity index (χ3n) is 6.60. The van der Waals surface area contributed by atoms with Crippen LogP contribution in [0.5, 0.6) is 5.75 Å². The van der Waals surface area contributed by atoms with Crippen molar-refractivity contribution in [2.45, 2.75) is 18.1 Å². The molecule has 0 radical (unpaired) electrons. The minimum atomic E-state index is -0.918. The average Bonchev–Trinajstić information content (AvgIpc) is 3.21. The average molecular weight is 425 g/mol. The lowest BCUT2D eigenvalue weighted by molar-refractivity contribution is -0.386. The molecule has 2 atom stereocenters. The van der Waals surface area contributed by atoms with Crippen LogP contribution in [0.15, 0.2) is 78.9 Å². The van der Waals surface area contributed by atoms with Gasteiger partial charge in [-0.25, -0.2) is 0 Å². The van der Waals surface area contributed by atoms with E-state index in [0.29, 0.717) is 6.54 Å². The number of H-pyrrole nitrogens is 1. The summed E-state index contributed by atoms with van der Waals surface area (Å²) in [6, 6.07) is 24.0. The molecule has 7 nitrogen and oxygen atoms in total. The van der Waals surface area contributed by atoms with E-state index in [0.717, 1.165) is 34.1 Å². The van der Waals surface area contributed by atoms with Crippen molar-refractivity contribution < 1.29 is 14.5 Å². The van der Waals surface area contributed by atoms with Crippen molar-refractivity contribution in [2.75, 3.05) is 6.54 Å². The largest absolute Gasteiger partial charge is 0.470 e. The summed E-state index contributed by atoms with van der Waals surface area (Å²) in [5.41, 5.74) is 2.95. The Hall–Kier alpha value is -4.13. The van der Waals surface area contributed by atoms with E-state index in [-0.39, 0.29) is 17.3 Å². The van der Waals surface area contributed by atoms with Gasteiger partial charge in [0.15, 0.2) is 11.3 Å². The number of nitrogens with one attached hydrogen (secondary N) is 1. The molecule has 0 unspecified atom stereocenters. The fraction of sp³-hybridized carbons (Fsp3) is 0.160. The van der Waals surface area contributed by atoms with Crippen LogP contribution in [0.1, 0.15) is 16.8 Å². The molecule has 3 heterocycles. The second-order valence-electron chi connectivity index (χ2n) is 8.12. The molecule has 32 heavy (non-hydrogen) atoms. The Balaban J connectivity index is 1.58. The van der Waals surface area contributed by atoms with Gasteiger partial charge in [-0.05, 0) is 29.7 Å². The number of hydrogen-bond acceptors (Lipinski definition) is 4. The van der Waals surface area contributed by atoms with E-state index in [2.05, 4.69) is 11.1 Å². The van der Waals surface area contributed by atoms with E-state index < -0.39 is 16.6 Å². The first-order valence-corrected chi connectivity index (χ1v) is 10.5. The number of benzene rings is 3. The van der Waals surface area contributed by atoms with E-state index in [4.69, 9.17) is 4.74 Å². The van der Waals surface area contributed by atoms with E-state index in [1.807, 2.05) is 53.4 Å². The van der Waals surface area contributed by atoms with E-state index >= 15 is 0 Å². The van der Waals surface area contributed by atoms with Gasteiger partial charge >= 0.3 is 5.69 Å². The van der Waals surface area contributed by atoms with E-state index in [9.17, 15) is 14.9 Å². The molecule has 1 amide bonds. The van der Waals surface area contributed by atoms with Crippen molar-refractivity contribution in [1.29, 1.82) is 0 Å². The Labute approximate surface area is 183 Å². The Morgan fingerprint density at radius 2 is 1.72 bits per heavy atom. The number of amides is 1. The molecule has 2 aliphatic rings. The smallest absolute Gasteiger partial charge is 0.310 e. The molecule has 0 bridgehead atoms. The minimum Gasteiger partial charge on any atom is -0.470 e. The van der Waals surface area contributed by atoms with Gasteiger partial charge in [0.1, 0.15) is 0 Å². The Morgan fingerprint density at radius 3 is 2.53 bits per heavy atom. The lowest BCUT2D eigenvalue weighted by atomic mass is 9.68. The van der Waals surface area contributed by atoms with Gasteiger partial charge in [0.05, 0.1) is 10.6 Å². The summed E-state index contributed by atoms with van der Waals surface area (Å²) in [4.78, 5) is 29.8. The molecule has 4 aromatic rings. The van der Waals surface area contributed by atoms with Crippen molar-refractivity contribution in [1.82, 2.24) is 9.88 Å². The van der Waals surface area contributed by atoms with Crippen LogP contribution in [-0.4, -0.2) is 33.4 Å². The quantitative estimate of drug-likeness (QED) is 0.302. The number of rotatable bonds is 4. The first-order chi connectivity index (χ1) is 15.6. The van der Waals surface area contributed by atoms with Crippen LogP contribution in [0.3, 0.4) is 0 Å². The van der Waals surface area contributed by atoms with E-state index in [1.54, 1.807) is 18.2 Å². The summed E-state index contributed by atoms with van der Waals surface area (Å²) in [7, 11) is 0. The summed E-state index contributed by atoms with van der Waals surface area (Å²) in [5.74, 6) is -0.0784. The van der Waals surface area contributed by atoms with Crippen LogP contribution in [0, 0.1) is 10.1 Å². The molecule has 2 aliphatic heterocycles. The number of aromatic nitrogens is 1. The number of nitro benzene ring substituents is 1. The molecular formula is C25H19N3O4. The molecule has 7 heteroatoms. The zero-order valence-corrected chi connectivity index (χ0v) is 17.0. The normalized spacial score (nSPS) is 21.6. The highest BCUT2D eigenvalue weighted by molar-refractivity contribution is 5.96. The fourth-order valence-corrected chi connectivity index (χ4v) is 5.24. The van der Waals surface area contributed by atoms with Crippen LogP contribution in [0.4, 0.5) is 5.69 Å². The van der Waals surface area contributed by atoms with Gasteiger partial charge in [-0.2, -0.15) is 0 Å². The number of carbonyl (C=O) groups excluding carboxylic acids is 1. The Kier molecular flexibility index (Phi) is 3.89. The first kappa shape index (κ1) is 18.6. The molecule has 1 N–H and O–H groups in total. The predicted molar refractivity (Wildman–Crippen MR) is 118 cm³/mol. The lowest BCUT2D eigenvalue weighted by Crippen LogP contribution is -2.76. The maximum atomic E-state index is 13.3. The zero-order valence-electron chi connectivity index (χ0n) is 17.0. The molecule has 0 spiro atoms. The SMILES string of the molecule is O=C1[C@@H](Oc2ccccc2[N+](=O)[O-])[C@]2(c3ccccc3)c3[nH]c4ccccc4c3CCN12.